The number of aromatic amines is 1. The highest BCUT2D eigenvalue weighted by molar-refractivity contribution is 5.99. The molecule has 0 saturated carbocycles. The lowest BCUT2D eigenvalue weighted by molar-refractivity contribution is -0.146. The van der Waals surface area contributed by atoms with Crippen LogP contribution in [0.25, 0.3) is 21.5 Å². The van der Waals surface area contributed by atoms with Crippen LogP contribution in [0.2, 0.25) is 0 Å². The first-order chi connectivity index (χ1) is 59.9. The maximum atomic E-state index is 16.0. The van der Waals surface area contributed by atoms with Crippen LogP contribution in [0, 0.1) is 16.7 Å². The Bertz CT molecular complexity index is 5600. The summed E-state index contributed by atoms with van der Waals surface area (Å²) in [6.07, 6.45) is 0.731. The second kappa shape index (κ2) is 38.6. The number of carboxylic acids is 1. The Hall–Kier alpha value is -13.4. The van der Waals surface area contributed by atoms with Gasteiger partial charge in [0.2, 0.25) is 47.2 Å². The zero-order valence-corrected chi connectivity index (χ0v) is 74.4. The molecule has 9 aromatic rings. The van der Waals surface area contributed by atoms with Crippen LogP contribution in [0.5, 0.6) is 11.5 Å². The molecule has 6 aliphatic rings. The van der Waals surface area contributed by atoms with Gasteiger partial charge in [0.15, 0.2) is 5.78 Å². The Morgan fingerprint density at radius 2 is 0.945 bits per heavy atom. The molecule has 127 heavy (non-hydrogen) atoms. The van der Waals surface area contributed by atoms with Crippen LogP contribution in [-0.2, 0) is 91.5 Å². The summed E-state index contributed by atoms with van der Waals surface area (Å²) < 4.78 is 32.1. The predicted octanol–water partition coefficient (Wildman–Crippen LogP) is 8.64. The fraction of sp³-hybridized carbons (Fsp3) is 0.467. The predicted molar refractivity (Wildman–Crippen MR) is 465 cm³/mol. The van der Waals surface area contributed by atoms with Crippen molar-refractivity contribution in [3.8, 4) is 11.5 Å². The van der Waals surface area contributed by atoms with E-state index in [1.165, 1.54) is 47.1 Å². The normalized spacial score (nSPS) is 20.6. The van der Waals surface area contributed by atoms with Gasteiger partial charge in [-0.2, -0.15) is 0 Å². The minimum atomic E-state index is -1.47. The van der Waals surface area contributed by atoms with Crippen LogP contribution in [0.3, 0.4) is 0 Å². The smallest absolute Gasteiger partial charge is 0.434 e. The number of amides is 9. The number of carbonyl (C=O) groups is 11. The molecular weight excluding hydrogens is 1630 g/mol. The Kier molecular flexibility index (Phi) is 28.2. The van der Waals surface area contributed by atoms with E-state index in [4.69, 9.17) is 23.4 Å². The summed E-state index contributed by atoms with van der Waals surface area (Å²) in [6.45, 7) is 23.0. The molecule has 0 radical (unpaired) electrons. The number of nitrogens with one attached hydrogen (secondary N) is 6. The van der Waals surface area contributed by atoms with E-state index in [9.17, 15) is 33.9 Å². The molecule has 15 rings (SSSR count). The van der Waals surface area contributed by atoms with Crippen molar-refractivity contribution in [1.82, 2.24) is 86.4 Å². The summed E-state index contributed by atoms with van der Waals surface area (Å²) in [4.78, 5) is 181. The van der Waals surface area contributed by atoms with Gasteiger partial charge in [-0.25, -0.2) is 28.8 Å². The van der Waals surface area contributed by atoms with Crippen molar-refractivity contribution in [2.45, 2.75) is 233 Å². The van der Waals surface area contributed by atoms with E-state index >= 15 is 28.8 Å². The van der Waals surface area contributed by atoms with Gasteiger partial charge in [-0.15, -0.1) is 15.3 Å². The van der Waals surface area contributed by atoms with Gasteiger partial charge in [0.25, 0.3) is 0 Å². The molecule has 35 nitrogen and oxygen atoms in total. The fourth-order valence-electron chi connectivity index (χ4n) is 15.8. The molecule has 6 aliphatic heterocycles. The number of H-pyrrole nitrogens is 1. The number of ketones is 1. The molecule has 0 spiro atoms. The molecule has 3 aromatic heterocycles. The molecule has 9 amide bonds. The van der Waals surface area contributed by atoms with Crippen LogP contribution in [-0.4, -0.2) is 217 Å². The first-order valence-corrected chi connectivity index (χ1v) is 42.5. The van der Waals surface area contributed by atoms with Crippen molar-refractivity contribution in [2.75, 3.05) is 27.2 Å². The minimum absolute atomic E-state index is 0.0577. The lowest BCUT2D eigenvalue weighted by Crippen LogP contribution is -2.61. The minimum Gasteiger partial charge on any atom is -0.487 e. The van der Waals surface area contributed by atoms with Gasteiger partial charge in [0, 0.05) is 46.4 Å². The number of rotatable bonds is 14. The number of benzene rings is 6. The van der Waals surface area contributed by atoms with Crippen LogP contribution in [0.1, 0.15) is 174 Å². The summed E-state index contributed by atoms with van der Waals surface area (Å²) in [6, 6.07) is 25.7. The van der Waals surface area contributed by atoms with Gasteiger partial charge < -0.3 is 64.9 Å². The monoisotopic (exact) mass is 1740 g/mol. The zero-order valence-electron chi connectivity index (χ0n) is 74.4. The first-order valence-electron chi connectivity index (χ1n) is 42.5. The van der Waals surface area contributed by atoms with Gasteiger partial charge in [0.05, 0.1) is 36.4 Å². The number of aliphatic carboxylic acids is 1. The lowest BCUT2D eigenvalue weighted by Gasteiger charge is -2.37. The molecule has 0 aliphatic carbocycles. The maximum absolute atomic E-state index is 16.0. The van der Waals surface area contributed by atoms with Crippen LogP contribution < -0.4 is 41.8 Å². The van der Waals surface area contributed by atoms with Crippen LogP contribution in [0.15, 0.2) is 155 Å². The topological polar surface area (TPSA) is 438 Å². The van der Waals surface area contributed by atoms with Crippen molar-refractivity contribution >= 4 is 86.8 Å². The molecule has 2 saturated heterocycles. The van der Waals surface area contributed by atoms with Crippen molar-refractivity contribution in [1.29, 1.82) is 0 Å². The van der Waals surface area contributed by atoms with E-state index in [1.807, 2.05) is 84.9 Å². The second-order valence-electron chi connectivity index (χ2n) is 37.1. The summed E-state index contributed by atoms with van der Waals surface area (Å²) in [7, 11) is 2.80. The maximum Gasteiger partial charge on any atom is 0.434 e. The summed E-state index contributed by atoms with van der Waals surface area (Å²) >= 11 is 0. The van der Waals surface area contributed by atoms with E-state index in [0.717, 1.165) is 31.3 Å². The molecule has 6 aromatic carbocycles. The molecule has 2 fully saturated rings. The highest BCUT2D eigenvalue weighted by atomic mass is 16.6. The fourth-order valence-corrected chi connectivity index (χ4v) is 15.8. The number of carboxylic acid groups (broad SMARTS) is 1. The number of Topliss-reactive ketones (excluding diaryl/α,β-unsaturated/α-hetero) is 1. The van der Waals surface area contributed by atoms with E-state index < -0.39 is 172 Å². The summed E-state index contributed by atoms with van der Waals surface area (Å²) in [5.74, 6) is -8.86. The molecule has 8 bridgehead atoms. The van der Waals surface area contributed by atoms with Crippen molar-refractivity contribution in [3.05, 3.63) is 196 Å². The van der Waals surface area contributed by atoms with E-state index in [2.05, 4.69) is 57.4 Å². The third-order valence-corrected chi connectivity index (χ3v) is 23.0. The Morgan fingerprint density at radius 1 is 0.528 bits per heavy atom. The number of carbonyl (C=O) groups excluding carboxylic acids is 10. The van der Waals surface area contributed by atoms with Crippen LogP contribution in [0.4, 0.5) is 9.59 Å². The second-order valence-corrected chi connectivity index (χ2v) is 37.1. The molecule has 674 valence electrons. The summed E-state index contributed by atoms with van der Waals surface area (Å²) in [5, 5.41) is 53.6. The number of hydrogen-bond acceptors (Lipinski definition) is 22. The van der Waals surface area contributed by atoms with Gasteiger partial charge in [-0.3, -0.25) is 53.0 Å². The highest BCUT2D eigenvalue weighted by Crippen LogP contribution is 2.37. The molecule has 0 unspecified atom stereocenters. The molecular formula is C92H113N17O18. The van der Waals surface area contributed by atoms with E-state index in [1.54, 1.807) is 144 Å². The Labute approximate surface area is 735 Å². The largest absolute Gasteiger partial charge is 0.487 e. The van der Waals surface area contributed by atoms with Gasteiger partial charge >= 0.3 is 23.9 Å². The number of hydrogen-bond donors (Lipinski definition) is 7. The average molecular weight is 1750 g/mol. The Balaban J connectivity index is 0.897. The number of nitrogens with zero attached hydrogens (tertiary/aromatic N) is 11. The molecule has 7 N–H and O–H groups in total. The highest BCUT2D eigenvalue weighted by Gasteiger charge is 2.51. The van der Waals surface area contributed by atoms with Gasteiger partial charge in [0.1, 0.15) is 95.6 Å². The standard InChI is InChI=1S/C92H113N17O18/c1-52(104(15)87(121)126-91(9,10)11)77(111)96-75(89(3,4)5)83(116)106-39-37-70-73(106)80(114)93-67(45-56-25-31-58-21-17-19-23-60(58)42-56)72(110)47-62(85(118)119)41-54-27-33-65(34-28-54)123-50-64-49-109(103-99-64)71-38-40-107(84(117)76(90(6,7)8)97-78(112)53(2)105(16)88(122)127-92(12,13)14)74(71)81(115)94-68(46-57-26-32-59-22-18-20-24-61(59)43-57)79(113)95-69(82-100-101-86(120)125-82)44-55-29-35-66(36-30-55)124-51-63-48-108(70)102-98-63/h17-36,42-43,48-49,52-53,62,67-71,73-76H,37-41,44-47,50-51H2,1-16H3,(H,93,114)(H,94,115)(H,95,113)(H,96,111)(H,97,112)(H,101,120)(H,118,119)/t52-,53-,62+,67-,68-,69-,70+,71+,73-,74-,75+,76+/m0/s1. The summed E-state index contributed by atoms with van der Waals surface area (Å²) in [5.41, 5.74) is -0.991. The van der Waals surface area contributed by atoms with E-state index in [-0.39, 0.29) is 82.1 Å². The number of likely N-dealkylation sites (tertiary alicyclic amines) is 2. The number of likely N-dealkylation sites (N-methyl/N-ethyl adjacent to an activating group) is 2. The molecule has 35 heteroatoms. The average Bonchev–Trinajstić information content (AvgIpc) is 1.64. The number of fused-ring (bicyclic) bond motifs is 2. The van der Waals surface area contributed by atoms with Crippen molar-refractivity contribution in [3.63, 3.8) is 0 Å². The molecule has 12 atom stereocenters. The Morgan fingerprint density at radius 3 is 1.35 bits per heavy atom. The van der Waals surface area contributed by atoms with Crippen molar-refractivity contribution in [2.24, 2.45) is 16.7 Å². The zero-order chi connectivity index (χ0) is 91.9. The SMILES string of the molecule is C[C@@H](C(=O)N[C@H](C(=O)N1CC[C@@H]2[C@H]1C(=O)N[C@@H](Cc1ccc3ccccc3c1)C(=O)C[C@H](C(=O)O)Cc1ccc(cc1)OCc1cn(nn1)[C@@H]1CCN(C(=O)[C@@H](NC(=O)[C@H](C)N(C)C(=O)OC(C)(C)C)C(C)(C)C)[C@@H]1C(=O)N[C@@H](Cc1ccc3ccccc3c1)C(=O)N[C@H](c1n[nH]c(=O)o1)Cc1ccc(cc1)OCc1cn2nn1)C(C)(C)C)N(C)C(=O)OC(C)(C)C. The lowest BCUT2D eigenvalue weighted by atomic mass is 9.85. The molecule has 9 heterocycles. The van der Waals surface area contributed by atoms with E-state index in [0.29, 0.717) is 33.8 Å². The number of ether oxygens (including phenoxy) is 4. The third-order valence-electron chi connectivity index (χ3n) is 23.0. The quantitative estimate of drug-likeness (QED) is 0.0535. The van der Waals surface area contributed by atoms with Gasteiger partial charge in [-0.1, -0.05) is 161 Å². The third kappa shape index (κ3) is 23.2. The number of aromatic nitrogens is 8. The van der Waals surface area contributed by atoms with Crippen molar-refractivity contribution < 1.29 is 81.2 Å². The van der Waals surface area contributed by atoms with Crippen LogP contribution >= 0.6 is 0 Å². The first kappa shape index (κ1) is 92.8. The van der Waals surface area contributed by atoms with Gasteiger partial charge in [-0.05, 0) is 160 Å².